The molecular formula is C13H24N2O3. The van der Waals surface area contributed by atoms with Gasteiger partial charge in [-0.2, -0.15) is 0 Å². The number of rotatable bonds is 7. The molecule has 0 aromatic rings. The molecule has 1 atom stereocenters. The van der Waals surface area contributed by atoms with E-state index in [0.717, 1.165) is 13.0 Å². The Labute approximate surface area is 109 Å². The standard InChI is InChI=1S/C13H24N2O3/c1-3-10(7-12(16)17)8-14-13(18)15(2)9-11-5-4-6-11/h10-11H,3-9H2,1-2H3,(H,14,18)(H,16,17). The highest BCUT2D eigenvalue weighted by molar-refractivity contribution is 5.74. The van der Waals surface area contributed by atoms with Gasteiger partial charge in [-0.1, -0.05) is 19.8 Å². The third-order valence-corrected chi connectivity index (χ3v) is 3.69. The molecule has 5 heteroatoms. The van der Waals surface area contributed by atoms with Crippen molar-refractivity contribution in [1.82, 2.24) is 10.2 Å². The molecule has 1 unspecified atom stereocenters. The maximum absolute atomic E-state index is 11.8. The normalized spacial score (nSPS) is 16.8. The maximum atomic E-state index is 11.8. The van der Waals surface area contributed by atoms with Crippen molar-refractivity contribution in [3.8, 4) is 0 Å². The average Bonchev–Trinajstić information content (AvgIpc) is 2.27. The second-order valence-electron chi connectivity index (χ2n) is 5.24. The molecule has 1 fully saturated rings. The molecule has 0 saturated heterocycles. The zero-order valence-electron chi connectivity index (χ0n) is 11.3. The molecule has 0 aliphatic heterocycles. The molecule has 2 amide bonds. The summed E-state index contributed by atoms with van der Waals surface area (Å²) in [6.07, 6.45) is 4.58. The molecule has 0 aromatic carbocycles. The zero-order valence-corrected chi connectivity index (χ0v) is 11.3. The van der Waals surface area contributed by atoms with E-state index in [0.29, 0.717) is 12.5 Å². The van der Waals surface area contributed by atoms with Gasteiger partial charge in [-0.15, -0.1) is 0 Å². The number of aliphatic carboxylic acids is 1. The van der Waals surface area contributed by atoms with E-state index in [1.807, 2.05) is 6.92 Å². The van der Waals surface area contributed by atoms with Gasteiger partial charge in [0.2, 0.25) is 0 Å². The van der Waals surface area contributed by atoms with E-state index in [9.17, 15) is 9.59 Å². The highest BCUT2D eigenvalue weighted by Crippen LogP contribution is 2.26. The Morgan fingerprint density at radius 2 is 2.11 bits per heavy atom. The summed E-state index contributed by atoms with van der Waals surface area (Å²) >= 11 is 0. The molecule has 0 radical (unpaired) electrons. The molecule has 0 heterocycles. The molecule has 1 aliphatic carbocycles. The third kappa shape index (κ3) is 4.94. The van der Waals surface area contributed by atoms with E-state index in [1.54, 1.807) is 11.9 Å². The molecule has 18 heavy (non-hydrogen) atoms. The lowest BCUT2D eigenvalue weighted by Crippen LogP contribution is -2.42. The Morgan fingerprint density at radius 3 is 2.56 bits per heavy atom. The highest BCUT2D eigenvalue weighted by atomic mass is 16.4. The Balaban J connectivity index is 2.22. The minimum Gasteiger partial charge on any atom is -0.481 e. The topological polar surface area (TPSA) is 69.6 Å². The van der Waals surface area contributed by atoms with Crippen LogP contribution in [0.2, 0.25) is 0 Å². The molecule has 1 rings (SSSR count). The lowest BCUT2D eigenvalue weighted by molar-refractivity contribution is -0.138. The van der Waals surface area contributed by atoms with Crippen LogP contribution in [0.3, 0.4) is 0 Å². The van der Waals surface area contributed by atoms with Gasteiger partial charge in [-0.25, -0.2) is 4.79 Å². The van der Waals surface area contributed by atoms with Crippen LogP contribution >= 0.6 is 0 Å². The van der Waals surface area contributed by atoms with Crippen LogP contribution in [0.15, 0.2) is 0 Å². The van der Waals surface area contributed by atoms with Gasteiger partial charge in [0.15, 0.2) is 0 Å². The number of urea groups is 1. The van der Waals surface area contributed by atoms with Crippen molar-refractivity contribution < 1.29 is 14.7 Å². The van der Waals surface area contributed by atoms with Gasteiger partial charge in [-0.05, 0) is 24.7 Å². The number of amides is 2. The Morgan fingerprint density at radius 1 is 1.44 bits per heavy atom. The minimum absolute atomic E-state index is 0.0172. The fourth-order valence-corrected chi connectivity index (χ4v) is 2.12. The number of carboxylic acids is 1. The summed E-state index contributed by atoms with van der Waals surface area (Å²) in [6.45, 7) is 3.19. The van der Waals surface area contributed by atoms with Crippen LogP contribution in [0, 0.1) is 11.8 Å². The third-order valence-electron chi connectivity index (χ3n) is 3.69. The Bertz CT molecular complexity index is 290. The van der Waals surface area contributed by atoms with Gasteiger partial charge in [0.05, 0.1) is 0 Å². The van der Waals surface area contributed by atoms with Crippen LogP contribution in [0.1, 0.15) is 39.0 Å². The summed E-state index contributed by atoms with van der Waals surface area (Å²) in [5.74, 6) is -0.135. The number of nitrogens with one attached hydrogen (secondary N) is 1. The summed E-state index contributed by atoms with van der Waals surface area (Å²) < 4.78 is 0. The van der Waals surface area contributed by atoms with Crippen LogP contribution in [-0.4, -0.2) is 42.1 Å². The highest BCUT2D eigenvalue weighted by Gasteiger charge is 2.21. The van der Waals surface area contributed by atoms with Gasteiger partial charge in [0, 0.05) is 26.6 Å². The van der Waals surface area contributed by atoms with Gasteiger partial charge >= 0.3 is 12.0 Å². The molecule has 1 aliphatic rings. The molecule has 0 aromatic heterocycles. The second kappa shape index (κ2) is 7.24. The van der Waals surface area contributed by atoms with E-state index in [1.165, 1.54) is 19.3 Å². The van der Waals surface area contributed by atoms with Crippen molar-refractivity contribution in [2.75, 3.05) is 20.1 Å². The Kier molecular flexibility index (Phi) is 5.95. The van der Waals surface area contributed by atoms with E-state index in [2.05, 4.69) is 5.32 Å². The number of nitrogens with zero attached hydrogens (tertiary/aromatic N) is 1. The van der Waals surface area contributed by atoms with E-state index in [-0.39, 0.29) is 18.4 Å². The second-order valence-corrected chi connectivity index (χ2v) is 5.24. The number of carbonyl (C=O) groups is 2. The first-order valence-electron chi connectivity index (χ1n) is 6.73. The van der Waals surface area contributed by atoms with E-state index in [4.69, 9.17) is 5.11 Å². The first-order valence-corrected chi connectivity index (χ1v) is 6.73. The Hall–Kier alpha value is -1.26. The lowest BCUT2D eigenvalue weighted by Gasteiger charge is -2.30. The van der Waals surface area contributed by atoms with Crippen molar-refractivity contribution in [3.05, 3.63) is 0 Å². The number of carbonyl (C=O) groups excluding carboxylic acids is 1. The smallest absolute Gasteiger partial charge is 0.317 e. The van der Waals surface area contributed by atoms with E-state index >= 15 is 0 Å². The molecule has 5 nitrogen and oxygen atoms in total. The van der Waals surface area contributed by atoms with Gasteiger partial charge in [0.25, 0.3) is 0 Å². The average molecular weight is 256 g/mol. The summed E-state index contributed by atoms with van der Waals surface area (Å²) in [7, 11) is 1.80. The predicted octanol–water partition coefficient (Wildman–Crippen LogP) is 1.93. The van der Waals surface area contributed by atoms with Crippen molar-refractivity contribution in [2.45, 2.75) is 39.0 Å². The summed E-state index contributed by atoms with van der Waals surface area (Å²) in [6, 6.07) is -0.0919. The predicted molar refractivity (Wildman–Crippen MR) is 69.4 cm³/mol. The summed E-state index contributed by atoms with van der Waals surface area (Å²) in [5.41, 5.74) is 0. The molecule has 0 spiro atoms. The first-order chi connectivity index (χ1) is 8.52. The fourth-order valence-electron chi connectivity index (χ4n) is 2.12. The fraction of sp³-hybridized carbons (Fsp3) is 0.846. The molecular weight excluding hydrogens is 232 g/mol. The largest absolute Gasteiger partial charge is 0.481 e. The summed E-state index contributed by atoms with van der Waals surface area (Å²) in [4.78, 5) is 24.1. The molecule has 104 valence electrons. The molecule has 0 bridgehead atoms. The molecule has 1 saturated carbocycles. The number of hydrogen-bond donors (Lipinski definition) is 2. The SMILES string of the molecule is CCC(CNC(=O)N(C)CC1CCC1)CC(=O)O. The first kappa shape index (κ1) is 14.8. The maximum Gasteiger partial charge on any atom is 0.317 e. The minimum atomic E-state index is -0.807. The van der Waals surface area contributed by atoms with Crippen LogP contribution in [0.4, 0.5) is 4.79 Å². The number of hydrogen-bond acceptors (Lipinski definition) is 2. The van der Waals surface area contributed by atoms with Crippen molar-refractivity contribution in [2.24, 2.45) is 11.8 Å². The van der Waals surface area contributed by atoms with Crippen molar-refractivity contribution in [1.29, 1.82) is 0 Å². The monoisotopic (exact) mass is 256 g/mol. The van der Waals surface area contributed by atoms with Crippen LogP contribution in [0.5, 0.6) is 0 Å². The van der Waals surface area contributed by atoms with Gasteiger partial charge < -0.3 is 15.3 Å². The van der Waals surface area contributed by atoms with Crippen LogP contribution in [0.25, 0.3) is 0 Å². The van der Waals surface area contributed by atoms with Gasteiger partial charge in [0.1, 0.15) is 0 Å². The van der Waals surface area contributed by atoms with E-state index < -0.39 is 5.97 Å². The van der Waals surface area contributed by atoms with Crippen LogP contribution in [-0.2, 0) is 4.79 Å². The number of carboxylic acid groups (broad SMARTS) is 1. The quantitative estimate of drug-likeness (QED) is 0.731. The van der Waals surface area contributed by atoms with Crippen molar-refractivity contribution >= 4 is 12.0 Å². The van der Waals surface area contributed by atoms with Gasteiger partial charge in [-0.3, -0.25) is 4.79 Å². The lowest BCUT2D eigenvalue weighted by atomic mass is 9.85. The summed E-state index contributed by atoms with van der Waals surface area (Å²) in [5, 5.41) is 11.5. The van der Waals surface area contributed by atoms with Crippen LogP contribution < -0.4 is 5.32 Å². The van der Waals surface area contributed by atoms with Crippen molar-refractivity contribution in [3.63, 3.8) is 0 Å². The molecule has 2 N–H and O–H groups in total. The zero-order chi connectivity index (χ0) is 13.5.